The molecular formula is C83H156N16+4. The lowest BCUT2D eigenvalue weighted by atomic mass is 9.63. The highest BCUT2D eigenvalue weighted by Crippen LogP contribution is 2.47. The van der Waals surface area contributed by atoms with Gasteiger partial charge in [0.05, 0.1) is 132 Å². The fourth-order valence-corrected chi connectivity index (χ4v) is 19.9. The standard InChI is InChI=1S/C30H56N4.C27H52N6.C26H48N6/c1-29(2,3)30(4,17-11-21-33-25-13-23-31-19-9-5-7-15-27(31)33)18-12-22-34-26-14-24-32-20-10-6-8-16-28(32)34;1-27(2,3)24(12-6-16-30-20-10-22-32-18-8-14-28(4)25(30)32)13-7-17-31-21-11-23-33-19-9-15-29(5)26(31)33;1-25(2,3)26(4,11-5-15-29-19-9-21-31-17-7-13-27-23(29)31)12-6-16-30-20-10-22-32-18-8-14-28-24(30)32/h5-26H2,1-4H3;24H,6-23H2,1-5H3;5-22H2,1-4H3/q2*+2;. The van der Waals surface area contributed by atoms with Gasteiger partial charge in [-0.3, -0.25) is 57.7 Å². The Morgan fingerprint density at radius 2 is 0.646 bits per heavy atom. The molecule has 12 aliphatic heterocycles. The van der Waals surface area contributed by atoms with E-state index in [1.54, 1.807) is 11.7 Å². The zero-order valence-corrected chi connectivity index (χ0v) is 67.2. The predicted octanol–water partition coefficient (Wildman–Crippen LogP) is 13.1. The average Bonchev–Trinajstić information content (AvgIpc) is 1.32. The Kier molecular flexibility index (Phi) is 28.7. The molecule has 99 heavy (non-hydrogen) atoms. The minimum Gasteiger partial charge on any atom is -0.343 e. The summed E-state index contributed by atoms with van der Waals surface area (Å²) in [6, 6.07) is 0. The highest BCUT2D eigenvalue weighted by Gasteiger charge is 2.42. The molecule has 0 saturated carbocycles. The van der Waals surface area contributed by atoms with Crippen LogP contribution in [0.2, 0.25) is 0 Å². The van der Waals surface area contributed by atoms with Crippen LogP contribution in [-0.4, -0.2) is 300 Å². The summed E-state index contributed by atoms with van der Waals surface area (Å²) in [5, 5.41) is 0. The van der Waals surface area contributed by atoms with Crippen LogP contribution >= 0.6 is 0 Å². The average molecular weight is 1380 g/mol. The first-order valence-electron chi connectivity index (χ1n) is 42.6. The Bertz CT molecular complexity index is 2550. The maximum absolute atomic E-state index is 4.88. The Balaban J connectivity index is 0.000000161. The van der Waals surface area contributed by atoms with Crippen molar-refractivity contribution >= 4 is 35.5 Å². The molecule has 0 unspecified atom stereocenters. The van der Waals surface area contributed by atoms with Gasteiger partial charge in [0, 0.05) is 117 Å². The van der Waals surface area contributed by atoms with E-state index in [1.165, 1.54) is 387 Å². The van der Waals surface area contributed by atoms with Crippen LogP contribution < -0.4 is 0 Å². The number of amidine groups is 2. The summed E-state index contributed by atoms with van der Waals surface area (Å²) in [5.74, 6) is 9.81. The van der Waals surface area contributed by atoms with E-state index in [0.717, 1.165) is 19.0 Å². The smallest absolute Gasteiger partial charge is 0.343 e. The molecule has 0 spiro atoms. The van der Waals surface area contributed by atoms with Crippen LogP contribution in [0.1, 0.15) is 269 Å². The second-order valence-electron chi connectivity index (χ2n) is 37.0. The van der Waals surface area contributed by atoms with E-state index in [1.807, 2.05) is 0 Å². The van der Waals surface area contributed by atoms with Crippen LogP contribution in [0.25, 0.3) is 0 Å². The van der Waals surface area contributed by atoms with Gasteiger partial charge in [-0.1, -0.05) is 76.2 Å². The quantitative estimate of drug-likeness (QED) is 0.0873. The SMILES string of the molecule is CC(C)(C)C(C)(CCCN1CCCN2CCCN=C21)CCCN1CCCN2CCCN=C21.CC(C)(C)C(C)(CCCN1CCC[N+]2=C1CCCCC2)CCCN1CCC[N+]2=C1CCCCC2.C[N+]1=C2N(CCCC(CCCN3CCCN4CCC[N+](C)=C34)C(C)(C)C)CCCN2CCC1. The summed E-state index contributed by atoms with van der Waals surface area (Å²) in [6.45, 7) is 61.7. The van der Waals surface area contributed by atoms with Crippen LogP contribution in [0.4, 0.5) is 0 Å². The van der Waals surface area contributed by atoms with Crippen LogP contribution in [0, 0.1) is 33.0 Å². The number of nitrogens with zero attached hydrogens (tertiary/aromatic N) is 16. The molecule has 4 saturated heterocycles. The summed E-state index contributed by atoms with van der Waals surface area (Å²) in [6.07, 6.45) is 40.0. The first-order valence-corrected chi connectivity index (χ1v) is 42.6. The van der Waals surface area contributed by atoms with E-state index in [4.69, 9.17) is 9.98 Å². The summed E-state index contributed by atoms with van der Waals surface area (Å²) in [4.78, 5) is 36.2. The van der Waals surface area contributed by atoms with Crippen LogP contribution in [-0.2, 0) is 0 Å². The Labute approximate surface area is 608 Å². The highest BCUT2D eigenvalue weighted by atomic mass is 15.5. The number of aliphatic imine (C=N–C) groups is 2. The summed E-state index contributed by atoms with van der Waals surface area (Å²) in [7, 11) is 4.59. The lowest BCUT2D eigenvalue weighted by molar-refractivity contribution is -0.539. The molecule has 16 heteroatoms. The molecule has 0 amide bonds. The zero-order valence-electron chi connectivity index (χ0n) is 67.2. The minimum atomic E-state index is 0.319. The third-order valence-electron chi connectivity index (χ3n) is 27.2. The van der Waals surface area contributed by atoms with Gasteiger partial charge in [-0.15, -0.1) is 0 Å². The fraction of sp³-hybridized carbons (Fsp3) is 0.928. The number of guanidine groups is 4. The Morgan fingerprint density at radius 3 is 1.04 bits per heavy atom. The second-order valence-corrected chi connectivity index (χ2v) is 37.0. The summed E-state index contributed by atoms with van der Waals surface area (Å²) >= 11 is 0. The molecule has 0 radical (unpaired) electrons. The van der Waals surface area contributed by atoms with E-state index in [9.17, 15) is 0 Å². The Hall–Kier alpha value is -3.98. The third kappa shape index (κ3) is 21.1. The van der Waals surface area contributed by atoms with Gasteiger partial charge < -0.3 is 19.6 Å². The van der Waals surface area contributed by atoms with Gasteiger partial charge in [0.2, 0.25) is 11.7 Å². The highest BCUT2D eigenvalue weighted by molar-refractivity contribution is 5.82. The van der Waals surface area contributed by atoms with Crippen molar-refractivity contribution in [3.8, 4) is 0 Å². The van der Waals surface area contributed by atoms with Gasteiger partial charge in [0.1, 0.15) is 0 Å². The normalized spacial score (nSPS) is 22.6. The molecule has 12 rings (SSSR count). The van der Waals surface area contributed by atoms with Gasteiger partial charge in [-0.2, -0.15) is 0 Å². The molecule has 0 aromatic rings. The van der Waals surface area contributed by atoms with Crippen LogP contribution in [0.15, 0.2) is 9.98 Å². The molecular weight excluding hydrogens is 1220 g/mol. The van der Waals surface area contributed by atoms with Gasteiger partial charge >= 0.3 is 11.9 Å². The molecule has 0 bridgehead atoms. The number of rotatable bonds is 24. The fourth-order valence-electron chi connectivity index (χ4n) is 19.9. The zero-order chi connectivity index (χ0) is 70.1. The van der Waals surface area contributed by atoms with Gasteiger partial charge in [0.25, 0.3) is 0 Å². The number of fused-ring (bicyclic) bond motifs is 4. The van der Waals surface area contributed by atoms with E-state index in [0.29, 0.717) is 27.1 Å². The van der Waals surface area contributed by atoms with Crippen molar-refractivity contribution in [2.45, 2.75) is 269 Å². The largest absolute Gasteiger partial charge is 0.350 e. The van der Waals surface area contributed by atoms with E-state index >= 15 is 0 Å². The van der Waals surface area contributed by atoms with Crippen LogP contribution in [0.5, 0.6) is 0 Å². The van der Waals surface area contributed by atoms with E-state index < -0.39 is 0 Å². The van der Waals surface area contributed by atoms with Gasteiger partial charge in [-0.25, -0.2) is 0 Å². The van der Waals surface area contributed by atoms with Crippen molar-refractivity contribution in [1.29, 1.82) is 0 Å². The lowest BCUT2D eigenvalue weighted by Crippen LogP contribution is -2.57. The maximum Gasteiger partial charge on any atom is 0.350 e. The molecule has 0 aliphatic carbocycles. The van der Waals surface area contributed by atoms with Crippen molar-refractivity contribution < 1.29 is 18.3 Å². The predicted molar refractivity (Wildman–Crippen MR) is 419 cm³/mol. The van der Waals surface area contributed by atoms with Crippen molar-refractivity contribution in [3.63, 3.8) is 0 Å². The molecule has 16 nitrogen and oxygen atoms in total. The minimum absolute atomic E-state index is 0.319. The number of hydrogen-bond donors (Lipinski definition) is 0. The van der Waals surface area contributed by atoms with Crippen molar-refractivity contribution in [2.75, 3.05) is 197 Å². The van der Waals surface area contributed by atoms with Crippen molar-refractivity contribution in [2.24, 2.45) is 43.0 Å². The summed E-state index contributed by atoms with van der Waals surface area (Å²) < 4.78 is 10.5. The molecule has 12 heterocycles. The molecule has 0 aromatic heterocycles. The molecule has 4 fully saturated rings. The molecule has 0 aromatic carbocycles. The lowest BCUT2D eigenvalue weighted by Gasteiger charge is -2.45. The summed E-state index contributed by atoms with van der Waals surface area (Å²) in [5.41, 5.74) is 1.85. The third-order valence-corrected chi connectivity index (χ3v) is 27.2. The maximum atomic E-state index is 4.88. The molecule has 0 atom stereocenters. The van der Waals surface area contributed by atoms with Crippen molar-refractivity contribution in [3.05, 3.63) is 0 Å². The van der Waals surface area contributed by atoms with Gasteiger partial charge in [0.15, 0.2) is 11.9 Å². The Morgan fingerprint density at radius 1 is 0.323 bits per heavy atom. The molecule has 12 aliphatic rings. The molecule has 564 valence electrons. The second kappa shape index (κ2) is 36.6. The van der Waals surface area contributed by atoms with E-state index in [2.05, 4.69) is 158 Å². The van der Waals surface area contributed by atoms with Crippen molar-refractivity contribution in [1.82, 2.24) is 49.0 Å². The molecule has 0 N–H and O–H groups in total. The van der Waals surface area contributed by atoms with Crippen LogP contribution in [0.3, 0.4) is 0 Å². The monoisotopic (exact) mass is 1380 g/mol. The first kappa shape index (κ1) is 77.6. The van der Waals surface area contributed by atoms with E-state index in [-0.39, 0.29) is 0 Å². The van der Waals surface area contributed by atoms with Gasteiger partial charge in [-0.05, 0) is 174 Å². The number of hydrogen-bond acceptors (Lipinski definition) is 12. The topological polar surface area (TPSA) is 69.2 Å². The first-order chi connectivity index (χ1) is 47.6.